The molecule has 10 nitrogen and oxygen atoms in total. The van der Waals surface area contributed by atoms with E-state index in [1.165, 1.54) is 18.7 Å². The molecule has 2 aliphatic rings. The molecular weight excluding hydrogens is 744 g/mol. The Hall–Kier alpha value is -4.38. The molecule has 4 heterocycles. The number of aromatic nitrogens is 1. The number of amides is 2. The molecule has 294 valence electrons. The van der Waals surface area contributed by atoms with Crippen molar-refractivity contribution >= 4 is 29.1 Å². The van der Waals surface area contributed by atoms with Gasteiger partial charge in [-0.2, -0.15) is 26.3 Å². The number of carboxylic acid groups (broad SMARTS) is 1. The first-order valence-corrected chi connectivity index (χ1v) is 18.3. The summed E-state index contributed by atoms with van der Waals surface area (Å²) in [7, 11) is 0. The van der Waals surface area contributed by atoms with Crippen molar-refractivity contribution in [2.45, 2.75) is 88.9 Å². The number of thiophene rings is 1. The third kappa shape index (κ3) is 8.31. The molecule has 17 heteroatoms. The minimum absolute atomic E-state index is 0.0279. The van der Waals surface area contributed by atoms with Crippen LogP contribution in [0, 0.1) is 5.41 Å². The van der Waals surface area contributed by atoms with Gasteiger partial charge in [-0.25, -0.2) is 0 Å². The first-order valence-electron chi connectivity index (χ1n) is 17.4. The molecule has 5 rings (SSSR count). The molecule has 0 saturated carbocycles. The number of alkyl halides is 6. The van der Waals surface area contributed by atoms with E-state index in [0.29, 0.717) is 29.4 Å². The van der Waals surface area contributed by atoms with Crippen LogP contribution in [0.3, 0.4) is 0 Å². The molecule has 2 atom stereocenters. The van der Waals surface area contributed by atoms with Crippen molar-refractivity contribution in [3.05, 3.63) is 75.7 Å². The third-order valence-corrected chi connectivity index (χ3v) is 10.9. The molecule has 3 aromatic rings. The number of halogens is 6. The lowest BCUT2D eigenvalue weighted by atomic mass is 9.78. The van der Waals surface area contributed by atoms with Gasteiger partial charge in [0.2, 0.25) is 5.60 Å². The number of likely N-dealkylation sites (tertiary alicyclic amines) is 2. The molecule has 2 aromatic heterocycles. The van der Waals surface area contributed by atoms with E-state index in [1.54, 1.807) is 31.2 Å². The van der Waals surface area contributed by atoms with E-state index in [-0.39, 0.29) is 69.8 Å². The van der Waals surface area contributed by atoms with Crippen LogP contribution in [0.5, 0.6) is 11.5 Å². The van der Waals surface area contributed by atoms with E-state index in [0.717, 1.165) is 28.7 Å². The second-order valence-corrected chi connectivity index (χ2v) is 15.2. The van der Waals surface area contributed by atoms with Crippen LogP contribution in [0.25, 0.3) is 0 Å². The Balaban J connectivity index is 1.49. The smallest absolute Gasteiger partial charge is 0.425 e. The van der Waals surface area contributed by atoms with Gasteiger partial charge in [0.1, 0.15) is 23.0 Å². The van der Waals surface area contributed by atoms with Gasteiger partial charge < -0.3 is 29.5 Å². The largest absolute Gasteiger partial charge is 0.492 e. The number of nitrogens with zero attached hydrogens (tertiary/aromatic N) is 3. The Labute approximate surface area is 311 Å². The van der Waals surface area contributed by atoms with Gasteiger partial charge in [-0.1, -0.05) is 31.5 Å². The van der Waals surface area contributed by atoms with Gasteiger partial charge in [0.05, 0.1) is 28.2 Å². The fourth-order valence-corrected chi connectivity index (χ4v) is 7.69. The maximum Gasteiger partial charge on any atom is 0.425 e. The molecule has 0 radical (unpaired) electrons. The first kappa shape index (κ1) is 40.8. The zero-order valence-corrected chi connectivity index (χ0v) is 30.6. The van der Waals surface area contributed by atoms with Crippen molar-refractivity contribution in [2.24, 2.45) is 5.41 Å². The highest BCUT2D eigenvalue weighted by molar-refractivity contribution is 7.10. The molecule has 0 bridgehead atoms. The van der Waals surface area contributed by atoms with Crippen LogP contribution in [-0.2, 0) is 27.5 Å². The van der Waals surface area contributed by atoms with Gasteiger partial charge >= 0.3 is 18.3 Å². The van der Waals surface area contributed by atoms with Crippen molar-refractivity contribution in [3.63, 3.8) is 0 Å². The number of aliphatic hydroxyl groups is 1. The van der Waals surface area contributed by atoms with E-state index in [4.69, 9.17) is 9.47 Å². The van der Waals surface area contributed by atoms with Gasteiger partial charge in [0, 0.05) is 55.5 Å². The lowest BCUT2D eigenvalue weighted by molar-refractivity contribution is -0.163. The van der Waals surface area contributed by atoms with Crippen LogP contribution in [-0.4, -0.2) is 80.7 Å². The Morgan fingerprint density at radius 3 is 2.30 bits per heavy atom. The summed E-state index contributed by atoms with van der Waals surface area (Å²) in [6.45, 7) is 4.33. The van der Waals surface area contributed by atoms with E-state index < -0.39 is 68.8 Å². The van der Waals surface area contributed by atoms with Gasteiger partial charge in [0.25, 0.3) is 11.8 Å². The molecule has 2 saturated heterocycles. The van der Waals surface area contributed by atoms with Crippen LogP contribution in [0.1, 0.15) is 85.7 Å². The van der Waals surface area contributed by atoms with Gasteiger partial charge in [-0.05, 0) is 51.7 Å². The van der Waals surface area contributed by atoms with E-state index in [9.17, 15) is 50.9 Å². The SMILES string of the molecule is CCC[C@H]1N(C(=O)c2cnccc2C(F)(F)F)CCC[C@@]1(Oc1csc(C(F)(F)F)c1)C(=O)N1CCC(O)(c2ccccc2OCC(C)(C)C(=O)O)CC1. The molecule has 0 unspecified atom stereocenters. The number of rotatable bonds is 11. The lowest BCUT2D eigenvalue weighted by Crippen LogP contribution is -2.68. The Morgan fingerprint density at radius 1 is 1.00 bits per heavy atom. The molecule has 2 N–H and O–H groups in total. The van der Waals surface area contributed by atoms with Crippen LogP contribution < -0.4 is 9.47 Å². The Kier molecular flexibility index (Phi) is 11.6. The average molecular weight is 786 g/mol. The minimum Gasteiger partial charge on any atom is -0.492 e. The molecule has 2 amide bonds. The molecular formula is C37H41F6N3O7S. The van der Waals surface area contributed by atoms with Crippen LogP contribution in [0.2, 0.25) is 0 Å². The quantitative estimate of drug-likeness (QED) is 0.193. The number of hydrogen-bond acceptors (Lipinski definition) is 8. The normalized spacial score (nSPS) is 20.7. The summed E-state index contributed by atoms with van der Waals surface area (Å²) in [5.74, 6) is -2.84. The number of benzene rings is 1. The fourth-order valence-electron chi connectivity index (χ4n) is 7.02. The monoisotopic (exact) mass is 785 g/mol. The highest BCUT2D eigenvalue weighted by Gasteiger charge is 2.56. The highest BCUT2D eigenvalue weighted by Crippen LogP contribution is 2.44. The number of para-hydroxylation sites is 1. The predicted molar refractivity (Wildman–Crippen MR) is 184 cm³/mol. The maximum absolute atomic E-state index is 14.9. The van der Waals surface area contributed by atoms with Gasteiger partial charge in [-0.15, -0.1) is 11.3 Å². The number of pyridine rings is 1. The number of carbonyl (C=O) groups excluding carboxylic acids is 2. The zero-order chi connectivity index (χ0) is 39.7. The van der Waals surface area contributed by atoms with Crippen molar-refractivity contribution in [1.82, 2.24) is 14.8 Å². The van der Waals surface area contributed by atoms with Crippen molar-refractivity contribution in [1.29, 1.82) is 0 Å². The summed E-state index contributed by atoms with van der Waals surface area (Å²) >= 11 is 0.354. The van der Waals surface area contributed by atoms with Gasteiger partial charge in [-0.3, -0.25) is 19.4 Å². The Bertz CT molecular complexity index is 1840. The summed E-state index contributed by atoms with van der Waals surface area (Å²) in [6.07, 6.45) is -7.56. The number of aliphatic carboxylic acids is 1. The summed E-state index contributed by atoms with van der Waals surface area (Å²) in [5.41, 5.74) is -6.36. The third-order valence-electron chi connectivity index (χ3n) is 9.99. The second kappa shape index (κ2) is 15.4. The predicted octanol–water partition coefficient (Wildman–Crippen LogP) is 7.40. The number of ether oxygens (including phenoxy) is 2. The summed E-state index contributed by atoms with van der Waals surface area (Å²) in [4.78, 5) is 45.9. The summed E-state index contributed by atoms with van der Waals surface area (Å²) in [6, 6.07) is 6.80. The van der Waals surface area contributed by atoms with E-state index in [1.807, 2.05) is 0 Å². The molecule has 2 fully saturated rings. The number of hydrogen-bond donors (Lipinski definition) is 2. The van der Waals surface area contributed by atoms with E-state index in [2.05, 4.69) is 4.98 Å². The van der Waals surface area contributed by atoms with E-state index >= 15 is 0 Å². The molecule has 54 heavy (non-hydrogen) atoms. The van der Waals surface area contributed by atoms with Crippen molar-refractivity contribution in [2.75, 3.05) is 26.2 Å². The van der Waals surface area contributed by atoms with Crippen molar-refractivity contribution < 1.29 is 60.4 Å². The van der Waals surface area contributed by atoms with Crippen LogP contribution in [0.4, 0.5) is 26.3 Å². The lowest BCUT2D eigenvalue weighted by Gasteiger charge is -2.51. The van der Waals surface area contributed by atoms with Crippen molar-refractivity contribution in [3.8, 4) is 11.5 Å². The first-order chi connectivity index (χ1) is 25.2. The minimum atomic E-state index is -4.90. The van der Waals surface area contributed by atoms with Crippen LogP contribution in [0.15, 0.2) is 54.2 Å². The topological polar surface area (TPSA) is 130 Å². The number of carboxylic acids is 1. The molecule has 0 aliphatic carbocycles. The Morgan fingerprint density at radius 2 is 1.69 bits per heavy atom. The average Bonchev–Trinajstić information content (AvgIpc) is 3.60. The zero-order valence-electron chi connectivity index (χ0n) is 29.8. The number of carbonyl (C=O) groups is 3. The highest BCUT2D eigenvalue weighted by atomic mass is 32.1. The fraction of sp³-hybridized carbons (Fsp3) is 0.514. The standard InChI is InChI=1S/C37H41F6N3O7S/c1-4-8-28-35(53-23-19-29(54-21-23)37(41,42)43,12-7-16-46(28)30(47)24-20-44-15-11-25(24)36(38,39)40)31(48)45-17-13-34(51,14-18-45)26-9-5-6-10-27(26)52-22-33(2,3)32(49)50/h5-6,9-11,15,19-21,28,51H,4,7-8,12-14,16-18,22H2,1-3H3,(H,49,50)/t28-,35+/m1/s1. The van der Waals surface area contributed by atoms with Gasteiger partial charge in [0.15, 0.2) is 0 Å². The summed E-state index contributed by atoms with van der Waals surface area (Å²) in [5, 5.41) is 22.5. The van der Waals surface area contributed by atoms with Crippen LogP contribution >= 0.6 is 11.3 Å². The maximum atomic E-state index is 14.9. The molecule has 2 aliphatic heterocycles. The summed E-state index contributed by atoms with van der Waals surface area (Å²) < 4.78 is 95.3. The molecule has 1 aromatic carbocycles. The molecule has 0 spiro atoms. The number of piperidine rings is 2. The second-order valence-electron chi connectivity index (χ2n) is 14.3.